The molecule has 0 radical (unpaired) electrons. The maximum Gasteiger partial charge on any atom is 0.165 e. The summed E-state index contributed by atoms with van der Waals surface area (Å²) in [5.74, 6) is 1.84. The number of anilines is 1. The van der Waals surface area contributed by atoms with Crippen molar-refractivity contribution < 1.29 is 0 Å². The third-order valence-corrected chi connectivity index (χ3v) is 4.46. The topological polar surface area (TPSA) is 63.6 Å². The van der Waals surface area contributed by atoms with Gasteiger partial charge in [-0.05, 0) is 35.7 Å². The van der Waals surface area contributed by atoms with Crippen molar-refractivity contribution in [3.63, 3.8) is 0 Å². The maximum atomic E-state index is 4.84. The Bertz CT molecular complexity index is 1060. The van der Waals surface area contributed by atoms with Gasteiger partial charge in [-0.15, -0.1) is 0 Å². The number of hydrogen-bond acceptors (Lipinski definition) is 5. The van der Waals surface area contributed by atoms with Gasteiger partial charge in [-0.2, -0.15) is 0 Å². The summed E-state index contributed by atoms with van der Waals surface area (Å²) in [4.78, 5) is 18.4. The molecule has 4 aromatic rings. The van der Waals surface area contributed by atoms with Crippen LogP contribution in [0.15, 0.2) is 67.0 Å². The Balaban J connectivity index is 1.79. The van der Waals surface area contributed by atoms with Crippen LogP contribution in [0.3, 0.4) is 0 Å². The zero-order valence-corrected chi connectivity index (χ0v) is 15.4. The summed E-state index contributed by atoms with van der Waals surface area (Å²) in [6.45, 7) is 4.95. The summed E-state index contributed by atoms with van der Waals surface area (Å²) in [5.41, 5.74) is 3.91. The smallest absolute Gasteiger partial charge is 0.165 e. The zero-order valence-electron chi connectivity index (χ0n) is 15.4. The molecule has 0 unspecified atom stereocenters. The molecule has 5 nitrogen and oxygen atoms in total. The number of aromatic nitrogens is 4. The Morgan fingerprint density at radius 2 is 1.67 bits per heavy atom. The Morgan fingerprint density at radius 1 is 0.852 bits per heavy atom. The minimum Gasteiger partial charge on any atom is -0.364 e. The first-order chi connectivity index (χ1) is 13.2. The molecule has 0 bridgehead atoms. The van der Waals surface area contributed by atoms with Crippen LogP contribution in [0.25, 0.3) is 22.4 Å². The first-order valence-corrected chi connectivity index (χ1v) is 9.08. The summed E-state index contributed by atoms with van der Waals surface area (Å²) >= 11 is 0. The third kappa shape index (κ3) is 3.62. The molecule has 0 saturated carbocycles. The molecule has 0 aliphatic rings. The van der Waals surface area contributed by atoms with Gasteiger partial charge in [0.05, 0.1) is 17.6 Å². The fraction of sp³-hybridized carbons (Fsp3) is 0.182. The lowest BCUT2D eigenvalue weighted by Crippen LogP contribution is -2.06. The van der Waals surface area contributed by atoms with Crippen LogP contribution in [0, 0.1) is 0 Å². The number of rotatable bonds is 5. The van der Waals surface area contributed by atoms with E-state index in [0.717, 1.165) is 22.5 Å². The number of hydrogen-bond donors (Lipinski definition) is 1. The van der Waals surface area contributed by atoms with E-state index in [0.29, 0.717) is 23.9 Å². The van der Waals surface area contributed by atoms with Crippen molar-refractivity contribution in [1.82, 2.24) is 19.9 Å². The van der Waals surface area contributed by atoms with Crippen LogP contribution in [-0.4, -0.2) is 19.9 Å². The molecule has 4 rings (SSSR count). The summed E-state index contributed by atoms with van der Waals surface area (Å²) in [7, 11) is 0. The molecule has 0 atom stereocenters. The highest BCUT2D eigenvalue weighted by atomic mass is 15.1. The average Bonchev–Trinajstić information content (AvgIpc) is 2.72. The van der Waals surface area contributed by atoms with Crippen LogP contribution in [0.4, 0.5) is 5.82 Å². The van der Waals surface area contributed by atoms with E-state index in [2.05, 4.69) is 47.3 Å². The van der Waals surface area contributed by atoms with Gasteiger partial charge in [-0.1, -0.05) is 44.2 Å². The van der Waals surface area contributed by atoms with E-state index in [-0.39, 0.29) is 0 Å². The first kappa shape index (κ1) is 17.1. The van der Waals surface area contributed by atoms with Gasteiger partial charge < -0.3 is 5.32 Å². The normalized spacial score (nSPS) is 11.1. The fourth-order valence-corrected chi connectivity index (χ4v) is 3.10. The van der Waals surface area contributed by atoms with E-state index >= 15 is 0 Å². The SMILES string of the molecule is CC(C)c1ccccc1-c1nc(NCc2ccccn2)c2cccnc2n1. The summed E-state index contributed by atoms with van der Waals surface area (Å²) in [5, 5.41) is 4.31. The van der Waals surface area contributed by atoms with E-state index in [4.69, 9.17) is 9.97 Å². The second kappa shape index (κ2) is 7.50. The van der Waals surface area contributed by atoms with Crippen molar-refractivity contribution in [2.24, 2.45) is 0 Å². The molecule has 3 heterocycles. The highest BCUT2D eigenvalue weighted by molar-refractivity contribution is 5.88. The van der Waals surface area contributed by atoms with E-state index in [1.54, 1.807) is 12.4 Å². The molecule has 1 aromatic carbocycles. The molecule has 0 amide bonds. The standard InChI is InChI=1S/C22H21N5/c1-15(2)17-9-3-4-10-18(17)22-26-20-19(11-7-13-24-20)21(27-22)25-14-16-8-5-6-12-23-16/h3-13,15H,14H2,1-2H3,(H,24,25,26,27). The maximum absolute atomic E-state index is 4.84. The lowest BCUT2D eigenvalue weighted by atomic mass is 9.97. The Morgan fingerprint density at radius 3 is 2.48 bits per heavy atom. The van der Waals surface area contributed by atoms with Crippen molar-refractivity contribution in [2.75, 3.05) is 5.32 Å². The third-order valence-electron chi connectivity index (χ3n) is 4.46. The average molecular weight is 355 g/mol. The minimum absolute atomic E-state index is 0.383. The molecule has 0 spiro atoms. The molecular weight excluding hydrogens is 334 g/mol. The Hall–Kier alpha value is -3.34. The molecule has 0 aliphatic heterocycles. The highest BCUT2D eigenvalue weighted by Crippen LogP contribution is 2.29. The van der Waals surface area contributed by atoms with Crippen LogP contribution in [-0.2, 0) is 6.54 Å². The van der Waals surface area contributed by atoms with E-state index in [1.807, 2.05) is 36.4 Å². The minimum atomic E-state index is 0.383. The second-order valence-corrected chi connectivity index (χ2v) is 6.69. The number of fused-ring (bicyclic) bond motifs is 1. The lowest BCUT2D eigenvalue weighted by Gasteiger charge is -2.14. The van der Waals surface area contributed by atoms with Crippen molar-refractivity contribution in [3.8, 4) is 11.4 Å². The molecular formula is C22H21N5. The van der Waals surface area contributed by atoms with Gasteiger partial charge >= 0.3 is 0 Å². The van der Waals surface area contributed by atoms with Crippen molar-refractivity contribution in [1.29, 1.82) is 0 Å². The first-order valence-electron chi connectivity index (χ1n) is 9.08. The quantitative estimate of drug-likeness (QED) is 0.556. The molecule has 0 aliphatic carbocycles. The molecule has 5 heteroatoms. The Kier molecular flexibility index (Phi) is 4.75. The Labute approximate surface area is 158 Å². The lowest BCUT2D eigenvalue weighted by molar-refractivity contribution is 0.866. The van der Waals surface area contributed by atoms with Crippen LogP contribution < -0.4 is 5.32 Å². The second-order valence-electron chi connectivity index (χ2n) is 6.69. The summed E-state index contributed by atoms with van der Waals surface area (Å²) < 4.78 is 0. The van der Waals surface area contributed by atoms with Crippen LogP contribution in [0.1, 0.15) is 31.0 Å². The number of pyridine rings is 2. The number of benzene rings is 1. The van der Waals surface area contributed by atoms with E-state index < -0.39 is 0 Å². The van der Waals surface area contributed by atoms with Crippen LogP contribution in [0.5, 0.6) is 0 Å². The van der Waals surface area contributed by atoms with Gasteiger partial charge in [0, 0.05) is 18.0 Å². The van der Waals surface area contributed by atoms with Gasteiger partial charge in [0.25, 0.3) is 0 Å². The van der Waals surface area contributed by atoms with Crippen molar-refractivity contribution in [2.45, 2.75) is 26.3 Å². The molecule has 0 fully saturated rings. The van der Waals surface area contributed by atoms with Gasteiger partial charge in [0.2, 0.25) is 0 Å². The number of nitrogens with zero attached hydrogens (tertiary/aromatic N) is 4. The van der Waals surface area contributed by atoms with E-state index in [1.165, 1.54) is 5.56 Å². The molecule has 27 heavy (non-hydrogen) atoms. The highest BCUT2D eigenvalue weighted by Gasteiger charge is 2.14. The number of nitrogens with one attached hydrogen (secondary N) is 1. The van der Waals surface area contributed by atoms with E-state index in [9.17, 15) is 0 Å². The summed E-state index contributed by atoms with van der Waals surface area (Å²) in [6.07, 6.45) is 3.55. The van der Waals surface area contributed by atoms with Crippen LogP contribution >= 0.6 is 0 Å². The fourth-order valence-electron chi connectivity index (χ4n) is 3.10. The van der Waals surface area contributed by atoms with Crippen LogP contribution in [0.2, 0.25) is 0 Å². The predicted molar refractivity (Wildman–Crippen MR) is 108 cm³/mol. The van der Waals surface area contributed by atoms with Gasteiger partial charge in [0.15, 0.2) is 11.5 Å². The predicted octanol–water partition coefficient (Wildman–Crippen LogP) is 4.82. The van der Waals surface area contributed by atoms with Crippen molar-refractivity contribution in [3.05, 3.63) is 78.2 Å². The van der Waals surface area contributed by atoms with Gasteiger partial charge in [0.1, 0.15) is 5.82 Å². The zero-order chi connectivity index (χ0) is 18.6. The molecule has 3 aromatic heterocycles. The summed E-state index contributed by atoms with van der Waals surface area (Å²) in [6, 6.07) is 18.0. The largest absolute Gasteiger partial charge is 0.364 e. The van der Waals surface area contributed by atoms with Crippen molar-refractivity contribution >= 4 is 16.9 Å². The van der Waals surface area contributed by atoms with Gasteiger partial charge in [-0.3, -0.25) is 4.98 Å². The monoisotopic (exact) mass is 355 g/mol. The molecule has 0 saturated heterocycles. The molecule has 1 N–H and O–H groups in total. The molecule has 134 valence electrons. The van der Waals surface area contributed by atoms with Gasteiger partial charge in [-0.25, -0.2) is 15.0 Å².